The SMILES string of the molecule is CC1=C2CCC3C(CCC4=CC(=O)CC[C@@]43CO)C2CC1. The molecule has 0 bridgehead atoms. The van der Waals surface area contributed by atoms with Crippen molar-refractivity contribution in [2.24, 2.45) is 23.2 Å². The summed E-state index contributed by atoms with van der Waals surface area (Å²) in [6.07, 6.45) is 10.8. The minimum Gasteiger partial charge on any atom is -0.395 e. The number of hydrogen-bond acceptors (Lipinski definition) is 2. The van der Waals surface area contributed by atoms with Gasteiger partial charge in [-0.3, -0.25) is 4.79 Å². The zero-order valence-electron chi connectivity index (χ0n) is 13.0. The second-order valence-electron chi connectivity index (χ2n) is 7.75. The molecule has 0 aromatic rings. The van der Waals surface area contributed by atoms with Crippen LogP contribution in [0.15, 0.2) is 22.8 Å². The van der Waals surface area contributed by atoms with Gasteiger partial charge in [0.05, 0.1) is 6.61 Å². The van der Waals surface area contributed by atoms with E-state index >= 15 is 0 Å². The zero-order valence-corrected chi connectivity index (χ0v) is 13.0. The summed E-state index contributed by atoms with van der Waals surface area (Å²) in [5.41, 5.74) is 4.63. The molecule has 0 saturated heterocycles. The van der Waals surface area contributed by atoms with E-state index < -0.39 is 0 Å². The summed E-state index contributed by atoms with van der Waals surface area (Å²) in [7, 11) is 0. The number of ketones is 1. The van der Waals surface area contributed by atoms with Gasteiger partial charge in [0, 0.05) is 11.8 Å². The smallest absolute Gasteiger partial charge is 0.155 e. The maximum atomic E-state index is 11.8. The second-order valence-corrected chi connectivity index (χ2v) is 7.75. The van der Waals surface area contributed by atoms with E-state index in [1.54, 1.807) is 11.1 Å². The Hall–Kier alpha value is -0.890. The molecule has 0 aromatic heterocycles. The summed E-state index contributed by atoms with van der Waals surface area (Å²) in [6, 6.07) is 0. The number of carbonyl (C=O) groups is 1. The standard InChI is InChI=1S/C19H26O2/c1-12-2-4-16-15(12)6-7-18-17(16)5-3-13-10-14(21)8-9-19(13,18)11-20/h10,16-18,20H,2-9,11H2,1H3/t16?,17?,18?,19-/m1/s1. The van der Waals surface area contributed by atoms with Gasteiger partial charge in [-0.25, -0.2) is 0 Å². The fourth-order valence-electron chi connectivity index (χ4n) is 6.07. The topological polar surface area (TPSA) is 37.3 Å². The molecular formula is C19H26O2. The average molecular weight is 286 g/mol. The maximum absolute atomic E-state index is 11.8. The third kappa shape index (κ3) is 1.84. The molecule has 4 rings (SSSR count). The summed E-state index contributed by atoms with van der Waals surface area (Å²) in [5, 5.41) is 10.2. The number of fused-ring (bicyclic) bond motifs is 5. The summed E-state index contributed by atoms with van der Waals surface area (Å²) >= 11 is 0. The van der Waals surface area contributed by atoms with Crippen LogP contribution in [0, 0.1) is 23.2 Å². The van der Waals surface area contributed by atoms with E-state index in [1.165, 1.54) is 37.7 Å². The van der Waals surface area contributed by atoms with Crippen LogP contribution in [0.25, 0.3) is 0 Å². The molecule has 0 amide bonds. The number of carbonyl (C=O) groups excluding carboxylic acids is 1. The van der Waals surface area contributed by atoms with E-state index in [1.807, 2.05) is 6.08 Å². The lowest BCUT2D eigenvalue weighted by atomic mass is 9.50. The quantitative estimate of drug-likeness (QED) is 0.744. The Morgan fingerprint density at radius 1 is 1.19 bits per heavy atom. The molecule has 114 valence electrons. The molecule has 2 fully saturated rings. The highest BCUT2D eigenvalue weighted by Crippen LogP contribution is 2.61. The molecule has 0 aliphatic heterocycles. The number of allylic oxidation sites excluding steroid dienone is 3. The van der Waals surface area contributed by atoms with Crippen LogP contribution in [0.1, 0.15) is 58.3 Å². The van der Waals surface area contributed by atoms with Crippen molar-refractivity contribution in [3.05, 3.63) is 22.8 Å². The Morgan fingerprint density at radius 3 is 2.86 bits per heavy atom. The molecule has 4 aliphatic carbocycles. The minimum absolute atomic E-state index is 0.0567. The maximum Gasteiger partial charge on any atom is 0.155 e. The van der Waals surface area contributed by atoms with E-state index in [0.29, 0.717) is 12.3 Å². The van der Waals surface area contributed by atoms with E-state index in [9.17, 15) is 9.90 Å². The van der Waals surface area contributed by atoms with E-state index in [4.69, 9.17) is 0 Å². The molecule has 2 nitrogen and oxygen atoms in total. The normalized spacial score (nSPS) is 42.3. The molecule has 21 heavy (non-hydrogen) atoms. The van der Waals surface area contributed by atoms with Gasteiger partial charge in [-0.15, -0.1) is 0 Å². The third-order valence-corrected chi connectivity index (χ3v) is 7.12. The molecule has 4 aliphatic rings. The Bertz CT molecular complexity index is 542. The van der Waals surface area contributed by atoms with E-state index in [2.05, 4.69) is 6.92 Å². The lowest BCUT2D eigenvalue weighted by Gasteiger charge is -2.54. The fraction of sp³-hybridized carbons (Fsp3) is 0.737. The molecule has 3 unspecified atom stereocenters. The highest BCUT2D eigenvalue weighted by Gasteiger charge is 2.53. The van der Waals surface area contributed by atoms with Gasteiger partial charge in [0.15, 0.2) is 5.78 Å². The first-order chi connectivity index (χ1) is 10.2. The van der Waals surface area contributed by atoms with Crippen molar-refractivity contribution in [1.82, 2.24) is 0 Å². The van der Waals surface area contributed by atoms with Gasteiger partial charge < -0.3 is 5.11 Å². The van der Waals surface area contributed by atoms with Gasteiger partial charge in [-0.05, 0) is 75.7 Å². The predicted octanol–water partition coefficient (Wildman–Crippen LogP) is 3.80. The highest BCUT2D eigenvalue weighted by atomic mass is 16.3. The Labute approximate surface area is 127 Å². The summed E-state index contributed by atoms with van der Waals surface area (Å²) in [6.45, 7) is 2.57. The molecule has 0 heterocycles. The number of rotatable bonds is 1. The molecule has 0 radical (unpaired) electrons. The lowest BCUT2D eigenvalue weighted by molar-refractivity contribution is -0.117. The van der Waals surface area contributed by atoms with Crippen LogP contribution in [-0.4, -0.2) is 17.5 Å². The van der Waals surface area contributed by atoms with Crippen LogP contribution in [0.3, 0.4) is 0 Å². The molecule has 2 heteroatoms. The summed E-state index contributed by atoms with van der Waals surface area (Å²) in [4.78, 5) is 11.8. The van der Waals surface area contributed by atoms with Crippen molar-refractivity contribution < 1.29 is 9.90 Å². The van der Waals surface area contributed by atoms with Gasteiger partial charge in [0.1, 0.15) is 0 Å². The van der Waals surface area contributed by atoms with Crippen LogP contribution < -0.4 is 0 Å². The van der Waals surface area contributed by atoms with Crippen LogP contribution in [0.5, 0.6) is 0 Å². The fourth-order valence-corrected chi connectivity index (χ4v) is 6.07. The number of hydrogen-bond donors (Lipinski definition) is 1. The number of aliphatic hydroxyl groups excluding tert-OH is 1. The largest absolute Gasteiger partial charge is 0.395 e. The van der Waals surface area contributed by atoms with Gasteiger partial charge in [0.25, 0.3) is 0 Å². The summed E-state index contributed by atoms with van der Waals surface area (Å²) in [5.74, 6) is 2.42. The molecule has 1 N–H and O–H groups in total. The first-order valence-corrected chi connectivity index (χ1v) is 8.69. The molecule has 2 saturated carbocycles. The van der Waals surface area contributed by atoms with Crippen LogP contribution in [0.4, 0.5) is 0 Å². The van der Waals surface area contributed by atoms with E-state index in [0.717, 1.165) is 24.7 Å². The minimum atomic E-state index is -0.0567. The number of aliphatic hydroxyl groups is 1. The van der Waals surface area contributed by atoms with Crippen LogP contribution in [0.2, 0.25) is 0 Å². The average Bonchev–Trinajstić information content (AvgIpc) is 2.88. The Morgan fingerprint density at radius 2 is 2.05 bits per heavy atom. The van der Waals surface area contributed by atoms with Crippen molar-refractivity contribution in [1.29, 1.82) is 0 Å². The Kier molecular flexibility index (Phi) is 3.15. The first kappa shape index (κ1) is 13.8. The molecule has 0 aromatic carbocycles. The molecular weight excluding hydrogens is 260 g/mol. The third-order valence-electron chi connectivity index (χ3n) is 7.12. The Balaban J connectivity index is 1.72. The van der Waals surface area contributed by atoms with Crippen molar-refractivity contribution >= 4 is 5.78 Å². The van der Waals surface area contributed by atoms with Crippen molar-refractivity contribution in [2.75, 3.05) is 6.61 Å². The van der Waals surface area contributed by atoms with Gasteiger partial charge in [-0.2, -0.15) is 0 Å². The zero-order chi connectivity index (χ0) is 14.6. The molecule has 0 spiro atoms. The van der Waals surface area contributed by atoms with Crippen molar-refractivity contribution in [3.63, 3.8) is 0 Å². The van der Waals surface area contributed by atoms with Gasteiger partial charge in [0.2, 0.25) is 0 Å². The van der Waals surface area contributed by atoms with Crippen LogP contribution >= 0.6 is 0 Å². The molecule has 4 atom stereocenters. The second kappa shape index (κ2) is 4.81. The first-order valence-electron chi connectivity index (χ1n) is 8.69. The van der Waals surface area contributed by atoms with Gasteiger partial charge in [-0.1, -0.05) is 16.7 Å². The monoisotopic (exact) mass is 286 g/mol. The van der Waals surface area contributed by atoms with Gasteiger partial charge >= 0.3 is 0 Å². The van der Waals surface area contributed by atoms with Crippen molar-refractivity contribution in [3.8, 4) is 0 Å². The highest BCUT2D eigenvalue weighted by molar-refractivity contribution is 5.91. The lowest BCUT2D eigenvalue weighted by Crippen LogP contribution is -2.49. The van der Waals surface area contributed by atoms with E-state index in [-0.39, 0.29) is 17.8 Å². The van der Waals surface area contributed by atoms with Crippen LogP contribution in [-0.2, 0) is 4.79 Å². The summed E-state index contributed by atoms with van der Waals surface area (Å²) < 4.78 is 0. The van der Waals surface area contributed by atoms with Crippen molar-refractivity contribution in [2.45, 2.75) is 58.3 Å². The predicted molar refractivity (Wildman–Crippen MR) is 82.7 cm³/mol.